The van der Waals surface area contributed by atoms with Crippen molar-refractivity contribution in [3.05, 3.63) is 77.3 Å². The van der Waals surface area contributed by atoms with Crippen LogP contribution in [0.15, 0.2) is 61.2 Å². The predicted molar refractivity (Wildman–Crippen MR) is 157 cm³/mol. The van der Waals surface area contributed by atoms with Crippen molar-refractivity contribution in [3.8, 4) is 0 Å². The summed E-state index contributed by atoms with van der Waals surface area (Å²) in [5, 5.41) is 11.1. The third-order valence-corrected chi connectivity index (χ3v) is 11.0. The van der Waals surface area contributed by atoms with E-state index in [0.29, 0.717) is 23.6 Å². The summed E-state index contributed by atoms with van der Waals surface area (Å²) in [5.74, 6) is -2.45. The van der Waals surface area contributed by atoms with E-state index in [9.17, 15) is 19.5 Å². The first kappa shape index (κ1) is 28.7. The van der Waals surface area contributed by atoms with E-state index in [4.69, 9.17) is 16.3 Å². The van der Waals surface area contributed by atoms with Gasteiger partial charge < -0.3 is 19.6 Å². The molecule has 40 heavy (non-hydrogen) atoms. The number of thioether (sulfide) groups is 1. The van der Waals surface area contributed by atoms with Crippen LogP contribution in [0.1, 0.15) is 43.9 Å². The number of para-hydroxylation sites is 1. The molecule has 1 spiro atoms. The monoisotopic (exact) mass is 582 g/mol. The van der Waals surface area contributed by atoms with Gasteiger partial charge in [-0.2, -0.15) is 0 Å². The van der Waals surface area contributed by atoms with Crippen molar-refractivity contribution >= 4 is 46.8 Å². The van der Waals surface area contributed by atoms with Crippen molar-refractivity contribution in [3.63, 3.8) is 0 Å². The van der Waals surface area contributed by atoms with E-state index in [0.717, 1.165) is 11.1 Å². The van der Waals surface area contributed by atoms with Gasteiger partial charge in [0.2, 0.25) is 5.91 Å². The fourth-order valence-electron chi connectivity index (χ4n) is 7.13. The van der Waals surface area contributed by atoms with Crippen molar-refractivity contribution in [2.45, 2.75) is 55.2 Å². The van der Waals surface area contributed by atoms with Gasteiger partial charge in [0.1, 0.15) is 6.04 Å². The summed E-state index contributed by atoms with van der Waals surface area (Å²) in [6.45, 7) is 9.54. The molecule has 0 aromatic heterocycles. The number of carbonyl (C=O) groups excluding carboxylic acids is 3. The molecule has 7 nitrogen and oxygen atoms in total. The highest BCUT2D eigenvalue weighted by Gasteiger charge is 2.78. The first-order chi connectivity index (χ1) is 19.1. The molecule has 2 amide bonds. The number of anilines is 1. The lowest BCUT2D eigenvalue weighted by atomic mass is 9.66. The van der Waals surface area contributed by atoms with Crippen LogP contribution in [0.5, 0.6) is 0 Å². The van der Waals surface area contributed by atoms with Crippen molar-refractivity contribution in [2.75, 3.05) is 24.7 Å². The fraction of sp³-hybridized carbons (Fsp3) is 0.452. The van der Waals surface area contributed by atoms with E-state index in [1.807, 2.05) is 56.3 Å². The van der Waals surface area contributed by atoms with E-state index >= 15 is 0 Å². The number of hydrogen-bond acceptors (Lipinski definition) is 6. The number of aliphatic hydroxyl groups excluding tert-OH is 1. The lowest BCUT2D eigenvalue weighted by Crippen LogP contribution is -2.56. The standard InChI is InChI=1S/C31H35ClN2O5S/c1-5-17-33(25-19(3)11-10-14-21(25)32)28(37)26-31-16-15-30(4,40-31)24(29(38)39-6-2)23(31)27(36)34(26)22(18-35)20-12-8-7-9-13-20/h5,7-14,22-24,26,35H,1,6,15-18H2,2-4H3/t22-,23+,24+,26?,30-,31?/m1/s1. The largest absolute Gasteiger partial charge is 0.466 e. The molecule has 3 heterocycles. The molecule has 0 aliphatic carbocycles. The van der Waals surface area contributed by atoms with Crippen molar-refractivity contribution in [2.24, 2.45) is 11.8 Å². The maximum atomic E-state index is 14.9. The maximum absolute atomic E-state index is 14.9. The second kappa shape index (κ2) is 10.9. The molecule has 2 bridgehead atoms. The number of amides is 2. The SMILES string of the molecule is C=CCN(C(=O)C1N([C@H](CO)c2ccccc2)C(=O)[C@@H]2[C@@H](C(=O)OCC)[C@@]3(C)CCC12S3)c1c(C)cccc1Cl. The van der Waals surface area contributed by atoms with Gasteiger partial charge in [0, 0.05) is 11.3 Å². The molecule has 5 rings (SSSR count). The molecular formula is C31H35ClN2O5S. The van der Waals surface area contributed by atoms with E-state index in [1.54, 1.807) is 40.6 Å². The van der Waals surface area contributed by atoms with Gasteiger partial charge in [-0.25, -0.2) is 0 Å². The van der Waals surface area contributed by atoms with Crippen LogP contribution in [0.25, 0.3) is 0 Å². The smallest absolute Gasteiger partial charge is 0.311 e. The second-order valence-corrected chi connectivity index (χ2v) is 13.3. The minimum atomic E-state index is -0.941. The number of aryl methyl sites for hydroxylation is 1. The third-order valence-electron chi connectivity index (χ3n) is 8.72. The van der Waals surface area contributed by atoms with Crippen molar-refractivity contribution < 1.29 is 24.2 Å². The highest BCUT2D eigenvalue weighted by Crippen LogP contribution is 2.72. The Kier molecular flexibility index (Phi) is 7.81. The Morgan fingerprint density at radius 1 is 1.25 bits per heavy atom. The van der Waals surface area contributed by atoms with Gasteiger partial charge in [-0.05, 0) is 50.8 Å². The molecule has 1 N–H and O–H groups in total. The Morgan fingerprint density at radius 3 is 2.60 bits per heavy atom. The number of carbonyl (C=O) groups is 3. The average molecular weight is 583 g/mol. The molecule has 2 unspecified atom stereocenters. The van der Waals surface area contributed by atoms with E-state index in [1.165, 1.54) is 0 Å². The number of aliphatic hydroxyl groups is 1. The molecule has 212 valence electrons. The number of esters is 1. The Bertz CT molecular complexity index is 1320. The first-order valence-electron chi connectivity index (χ1n) is 13.7. The van der Waals surface area contributed by atoms with Gasteiger partial charge in [-0.3, -0.25) is 14.4 Å². The summed E-state index contributed by atoms with van der Waals surface area (Å²) in [4.78, 5) is 46.0. The molecule has 2 aromatic carbocycles. The van der Waals surface area contributed by atoms with Crippen LogP contribution in [0.2, 0.25) is 5.02 Å². The van der Waals surface area contributed by atoms with E-state index < -0.39 is 39.4 Å². The molecule has 3 fully saturated rings. The average Bonchev–Trinajstić information content (AvgIpc) is 3.50. The summed E-state index contributed by atoms with van der Waals surface area (Å²) >= 11 is 8.23. The molecule has 3 aliphatic heterocycles. The summed E-state index contributed by atoms with van der Waals surface area (Å²) in [5.41, 5.74) is 2.09. The van der Waals surface area contributed by atoms with E-state index in [2.05, 4.69) is 6.58 Å². The number of hydrogen-bond donors (Lipinski definition) is 1. The topological polar surface area (TPSA) is 87.2 Å². The Labute approximate surface area is 244 Å². The Balaban J connectivity index is 1.70. The van der Waals surface area contributed by atoms with Crippen molar-refractivity contribution in [1.82, 2.24) is 4.90 Å². The molecule has 2 aromatic rings. The lowest BCUT2D eigenvalue weighted by molar-refractivity contribution is -0.155. The zero-order valence-corrected chi connectivity index (χ0v) is 24.6. The maximum Gasteiger partial charge on any atom is 0.311 e. The summed E-state index contributed by atoms with van der Waals surface area (Å²) in [7, 11) is 0. The van der Waals surface area contributed by atoms with Crippen LogP contribution in [-0.2, 0) is 19.1 Å². The summed E-state index contributed by atoms with van der Waals surface area (Å²) < 4.78 is 4.08. The number of fused-ring (bicyclic) bond motifs is 1. The molecule has 0 saturated carbocycles. The molecular weight excluding hydrogens is 548 g/mol. The number of nitrogens with zero attached hydrogens (tertiary/aromatic N) is 2. The minimum absolute atomic E-state index is 0.182. The Hall–Kier alpha value is -2.81. The minimum Gasteiger partial charge on any atom is -0.466 e. The number of benzene rings is 2. The molecule has 9 heteroatoms. The fourth-order valence-corrected chi connectivity index (χ4v) is 9.78. The van der Waals surface area contributed by atoms with Crippen LogP contribution in [-0.4, -0.2) is 63.1 Å². The molecule has 6 atom stereocenters. The van der Waals surface area contributed by atoms with Crippen LogP contribution in [0.4, 0.5) is 5.69 Å². The van der Waals surface area contributed by atoms with Crippen LogP contribution in [0, 0.1) is 18.8 Å². The highest BCUT2D eigenvalue weighted by atomic mass is 35.5. The van der Waals surface area contributed by atoms with Crippen LogP contribution < -0.4 is 4.90 Å². The normalized spacial score (nSPS) is 29.3. The highest BCUT2D eigenvalue weighted by molar-refractivity contribution is 8.02. The number of likely N-dealkylation sites (tertiary alicyclic amines) is 1. The predicted octanol–water partition coefficient (Wildman–Crippen LogP) is 4.95. The van der Waals surface area contributed by atoms with Gasteiger partial charge in [0.05, 0.1) is 46.5 Å². The van der Waals surface area contributed by atoms with Gasteiger partial charge in [0.15, 0.2) is 0 Å². The van der Waals surface area contributed by atoms with E-state index in [-0.39, 0.29) is 31.6 Å². The summed E-state index contributed by atoms with van der Waals surface area (Å²) in [6.07, 6.45) is 2.90. The van der Waals surface area contributed by atoms with Crippen molar-refractivity contribution in [1.29, 1.82) is 0 Å². The van der Waals surface area contributed by atoms with Crippen LogP contribution >= 0.6 is 23.4 Å². The number of ether oxygens (including phenoxy) is 1. The van der Waals surface area contributed by atoms with Gasteiger partial charge in [-0.15, -0.1) is 18.3 Å². The zero-order valence-electron chi connectivity index (χ0n) is 23.0. The number of halogens is 1. The lowest BCUT2D eigenvalue weighted by Gasteiger charge is -2.40. The Morgan fingerprint density at radius 2 is 1.98 bits per heavy atom. The van der Waals surface area contributed by atoms with Gasteiger partial charge >= 0.3 is 5.97 Å². The number of rotatable bonds is 9. The van der Waals surface area contributed by atoms with Crippen LogP contribution in [0.3, 0.4) is 0 Å². The van der Waals surface area contributed by atoms with Gasteiger partial charge in [0.25, 0.3) is 5.91 Å². The third kappa shape index (κ3) is 4.27. The molecule has 3 aliphatic rings. The zero-order chi connectivity index (χ0) is 28.8. The summed E-state index contributed by atoms with van der Waals surface area (Å²) in [6, 6.07) is 13.0. The van der Waals surface area contributed by atoms with Gasteiger partial charge in [-0.1, -0.05) is 60.1 Å². The quantitative estimate of drug-likeness (QED) is 0.333. The first-order valence-corrected chi connectivity index (χ1v) is 14.9. The second-order valence-electron chi connectivity index (χ2n) is 11.0. The molecule has 0 radical (unpaired) electrons. The molecule has 3 saturated heterocycles.